The topological polar surface area (TPSA) is 128 Å². The van der Waals surface area contributed by atoms with E-state index in [1.807, 2.05) is 36.4 Å². The highest BCUT2D eigenvalue weighted by atomic mass is 16.1. The van der Waals surface area contributed by atoms with Gasteiger partial charge in [0.15, 0.2) is 0 Å². The molecule has 150 valence electrons. The van der Waals surface area contributed by atoms with Gasteiger partial charge in [-0.05, 0) is 53.4 Å². The fourth-order valence-corrected chi connectivity index (χ4v) is 3.41. The van der Waals surface area contributed by atoms with Crippen LogP contribution in [0.4, 0.5) is 0 Å². The number of carbonyl (C=O) groups excluding carboxylic acids is 1. The molecule has 2 aromatic carbocycles. The Bertz CT molecular complexity index is 1280. The van der Waals surface area contributed by atoms with Crippen LogP contribution in [0.15, 0.2) is 71.8 Å². The Morgan fingerprint density at radius 2 is 1.80 bits per heavy atom. The lowest BCUT2D eigenvalue weighted by atomic mass is 10.0. The molecule has 6 N–H and O–H groups in total. The van der Waals surface area contributed by atoms with Gasteiger partial charge in [0.1, 0.15) is 5.84 Å². The number of amides is 1. The van der Waals surface area contributed by atoms with E-state index in [0.29, 0.717) is 24.1 Å². The zero-order valence-corrected chi connectivity index (χ0v) is 16.2. The molecule has 0 radical (unpaired) electrons. The third-order valence-corrected chi connectivity index (χ3v) is 4.99. The van der Waals surface area contributed by atoms with E-state index in [-0.39, 0.29) is 17.3 Å². The van der Waals surface area contributed by atoms with Crippen molar-refractivity contribution in [3.63, 3.8) is 0 Å². The summed E-state index contributed by atoms with van der Waals surface area (Å²) in [6, 6.07) is 16.4. The number of carbonyl (C=O) groups is 1. The first-order valence-corrected chi connectivity index (χ1v) is 9.53. The average Bonchev–Trinajstić information content (AvgIpc) is 3.17. The number of hydrogen-bond acceptors (Lipinski definition) is 3. The fourth-order valence-electron chi connectivity index (χ4n) is 3.41. The number of H-pyrrole nitrogens is 2. The van der Waals surface area contributed by atoms with Gasteiger partial charge in [0, 0.05) is 47.0 Å². The third-order valence-electron chi connectivity index (χ3n) is 4.99. The maximum Gasteiger partial charge on any atom is 0.251 e. The van der Waals surface area contributed by atoms with Crippen molar-refractivity contribution in [1.82, 2.24) is 15.3 Å². The predicted octanol–water partition coefficient (Wildman–Crippen LogP) is 2.78. The lowest BCUT2D eigenvalue weighted by Crippen LogP contribution is -2.25. The Morgan fingerprint density at radius 1 is 1.00 bits per heavy atom. The van der Waals surface area contributed by atoms with Gasteiger partial charge in [-0.25, -0.2) is 0 Å². The summed E-state index contributed by atoms with van der Waals surface area (Å²) >= 11 is 0. The van der Waals surface area contributed by atoms with E-state index in [0.717, 1.165) is 27.6 Å². The molecule has 7 nitrogen and oxygen atoms in total. The van der Waals surface area contributed by atoms with Crippen LogP contribution in [0.3, 0.4) is 0 Å². The van der Waals surface area contributed by atoms with Crippen LogP contribution < -0.4 is 16.6 Å². The standard InChI is InChI=1S/C23H21N5O2/c24-22(25)19-13-28-20-6-1-14(11-18(19)20)7-9-27-23(30)16-4-2-15(3-5-16)17-8-10-26-21(29)12-17/h1-6,8,10-13,28H,7,9H2,(H3,24,25)(H,26,29)(H,27,30). The summed E-state index contributed by atoms with van der Waals surface area (Å²) in [5.41, 5.74) is 10.3. The Hall–Kier alpha value is -4.13. The third kappa shape index (κ3) is 4.00. The molecule has 4 aromatic rings. The summed E-state index contributed by atoms with van der Waals surface area (Å²) in [7, 11) is 0. The first-order valence-electron chi connectivity index (χ1n) is 9.53. The average molecular weight is 399 g/mol. The molecule has 2 heterocycles. The van der Waals surface area contributed by atoms with Crippen molar-refractivity contribution in [2.24, 2.45) is 5.73 Å². The molecule has 0 unspecified atom stereocenters. The molecule has 30 heavy (non-hydrogen) atoms. The first-order chi connectivity index (χ1) is 14.5. The van der Waals surface area contributed by atoms with Gasteiger partial charge in [-0.2, -0.15) is 0 Å². The molecule has 0 saturated heterocycles. The van der Waals surface area contributed by atoms with Crippen LogP contribution in [0.5, 0.6) is 0 Å². The van der Waals surface area contributed by atoms with Crippen LogP contribution in [0, 0.1) is 5.41 Å². The first kappa shape index (κ1) is 19.2. The minimum absolute atomic E-state index is 0.0234. The Morgan fingerprint density at radius 3 is 2.53 bits per heavy atom. The summed E-state index contributed by atoms with van der Waals surface area (Å²) in [4.78, 5) is 29.6. The molecule has 0 aliphatic rings. The van der Waals surface area contributed by atoms with Crippen LogP contribution in [0.25, 0.3) is 22.0 Å². The number of nitrogens with one attached hydrogen (secondary N) is 4. The number of aromatic amines is 2. The van der Waals surface area contributed by atoms with E-state index >= 15 is 0 Å². The Labute approximate surface area is 172 Å². The van der Waals surface area contributed by atoms with Crippen LogP contribution in [0.2, 0.25) is 0 Å². The van der Waals surface area contributed by atoms with Gasteiger partial charge < -0.3 is 21.0 Å². The number of rotatable bonds is 6. The van der Waals surface area contributed by atoms with Crippen molar-refractivity contribution in [2.45, 2.75) is 6.42 Å². The van der Waals surface area contributed by atoms with Gasteiger partial charge in [0.2, 0.25) is 5.56 Å². The highest BCUT2D eigenvalue weighted by molar-refractivity contribution is 6.07. The van der Waals surface area contributed by atoms with Gasteiger partial charge in [-0.15, -0.1) is 0 Å². The molecule has 0 spiro atoms. The number of amidine groups is 1. The molecule has 7 heteroatoms. The summed E-state index contributed by atoms with van der Waals surface area (Å²) in [6.45, 7) is 0.486. The van der Waals surface area contributed by atoms with E-state index in [4.69, 9.17) is 11.1 Å². The van der Waals surface area contributed by atoms with Crippen molar-refractivity contribution in [1.29, 1.82) is 5.41 Å². The van der Waals surface area contributed by atoms with Crippen molar-refractivity contribution in [3.05, 3.63) is 94.0 Å². The second-order valence-electron chi connectivity index (χ2n) is 7.02. The van der Waals surface area contributed by atoms with Crippen LogP contribution in [0.1, 0.15) is 21.5 Å². The molecule has 4 rings (SSSR count). The van der Waals surface area contributed by atoms with Crippen LogP contribution in [-0.2, 0) is 6.42 Å². The van der Waals surface area contributed by atoms with E-state index < -0.39 is 0 Å². The smallest absolute Gasteiger partial charge is 0.251 e. The van der Waals surface area contributed by atoms with Crippen molar-refractivity contribution >= 4 is 22.6 Å². The molecule has 0 bridgehead atoms. The van der Waals surface area contributed by atoms with Crippen molar-refractivity contribution < 1.29 is 4.79 Å². The summed E-state index contributed by atoms with van der Waals surface area (Å²) in [5.74, 6) is -0.130. The quantitative estimate of drug-likeness (QED) is 0.253. The summed E-state index contributed by atoms with van der Waals surface area (Å²) in [6.07, 6.45) is 3.99. The zero-order chi connectivity index (χ0) is 21.1. The Balaban J connectivity index is 1.39. The molecule has 2 aromatic heterocycles. The number of pyridine rings is 1. The van der Waals surface area contributed by atoms with E-state index in [2.05, 4.69) is 15.3 Å². The zero-order valence-electron chi connectivity index (χ0n) is 16.2. The number of nitrogen functional groups attached to an aromatic ring is 1. The fraction of sp³-hybridized carbons (Fsp3) is 0.0870. The largest absolute Gasteiger partial charge is 0.384 e. The van der Waals surface area contributed by atoms with E-state index in [9.17, 15) is 9.59 Å². The van der Waals surface area contributed by atoms with Gasteiger partial charge in [0.05, 0.1) is 0 Å². The number of benzene rings is 2. The minimum atomic E-state index is -0.164. The van der Waals surface area contributed by atoms with Crippen LogP contribution in [-0.4, -0.2) is 28.3 Å². The summed E-state index contributed by atoms with van der Waals surface area (Å²) < 4.78 is 0. The lowest BCUT2D eigenvalue weighted by molar-refractivity contribution is 0.0954. The second-order valence-corrected chi connectivity index (χ2v) is 7.02. The number of aromatic nitrogens is 2. The van der Waals surface area contributed by atoms with Gasteiger partial charge in [0.25, 0.3) is 5.91 Å². The second kappa shape index (κ2) is 8.08. The van der Waals surface area contributed by atoms with Crippen molar-refractivity contribution in [2.75, 3.05) is 6.54 Å². The normalized spacial score (nSPS) is 10.8. The molecule has 0 aliphatic carbocycles. The Kier molecular flexibility index (Phi) is 5.17. The van der Waals surface area contributed by atoms with Crippen molar-refractivity contribution in [3.8, 4) is 11.1 Å². The maximum atomic E-state index is 12.4. The monoisotopic (exact) mass is 399 g/mol. The number of fused-ring (bicyclic) bond motifs is 1. The number of hydrogen-bond donors (Lipinski definition) is 5. The molecule has 0 fully saturated rings. The number of nitrogens with two attached hydrogens (primary N) is 1. The lowest BCUT2D eigenvalue weighted by Gasteiger charge is -2.07. The minimum Gasteiger partial charge on any atom is -0.384 e. The molecule has 0 aliphatic heterocycles. The van der Waals surface area contributed by atoms with E-state index in [1.54, 1.807) is 24.5 Å². The molecular formula is C23H21N5O2. The molecular weight excluding hydrogens is 378 g/mol. The van der Waals surface area contributed by atoms with Gasteiger partial charge >= 0.3 is 0 Å². The van der Waals surface area contributed by atoms with Gasteiger partial charge in [-0.3, -0.25) is 15.0 Å². The molecule has 1 amide bonds. The summed E-state index contributed by atoms with van der Waals surface area (Å²) in [5, 5.41) is 11.5. The van der Waals surface area contributed by atoms with E-state index in [1.165, 1.54) is 6.07 Å². The molecule has 0 atom stereocenters. The SMILES string of the molecule is N=C(N)c1c[nH]c2ccc(CCNC(=O)c3ccc(-c4cc[nH]c(=O)c4)cc3)cc12. The predicted molar refractivity (Wildman–Crippen MR) is 118 cm³/mol. The maximum absolute atomic E-state index is 12.4. The highest BCUT2D eigenvalue weighted by Crippen LogP contribution is 2.20. The molecule has 0 saturated carbocycles. The van der Waals surface area contributed by atoms with Gasteiger partial charge in [-0.1, -0.05) is 18.2 Å². The van der Waals surface area contributed by atoms with Crippen LogP contribution >= 0.6 is 0 Å². The highest BCUT2D eigenvalue weighted by Gasteiger charge is 2.09.